The van der Waals surface area contributed by atoms with E-state index in [9.17, 15) is 18.0 Å². The van der Waals surface area contributed by atoms with Crippen molar-refractivity contribution in [2.45, 2.75) is 18.8 Å². The summed E-state index contributed by atoms with van der Waals surface area (Å²) >= 11 is 0. The number of aromatic nitrogens is 8. The van der Waals surface area contributed by atoms with Crippen molar-refractivity contribution in [1.82, 2.24) is 44.5 Å². The normalized spacial score (nSPS) is 16.2. The standard InChI is InChI=1S/C20H14F3N9O2/c21-20(22,23)32-8-5-13(29-32)17-26-27-18(34-17)19(33)30-7-4-12-15(25-10-24-12)16(30)14-9-11-3-1-2-6-31(11)28-14/h1-3,5-6,8-10,16H,4,7H2,(H,24,25)/t16-/m1/s1. The Kier molecular flexibility index (Phi) is 4.30. The Morgan fingerprint density at radius 3 is 2.82 bits per heavy atom. The summed E-state index contributed by atoms with van der Waals surface area (Å²) in [4.78, 5) is 22.4. The van der Waals surface area contributed by atoms with Gasteiger partial charge < -0.3 is 14.3 Å². The summed E-state index contributed by atoms with van der Waals surface area (Å²) in [5, 5.41) is 15.5. The molecule has 1 N–H and O–H groups in total. The van der Waals surface area contributed by atoms with Gasteiger partial charge in [0, 0.05) is 31.1 Å². The molecule has 0 saturated heterocycles. The van der Waals surface area contributed by atoms with E-state index in [-0.39, 0.29) is 22.2 Å². The number of hydrogen-bond donors (Lipinski definition) is 1. The van der Waals surface area contributed by atoms with E-state index in [2.05, 4.69) is 30.4 Å². The SMILES string of the molecule is O=C(c1nnc(-c2ccn(C(F)(F)F)n2)o1)N1CCc2[nH]cnc2[C@H]1c1cc2ccccn2n1. The number of carbonyl (C=O) groups excluding carboxylic acids is 1. The van der Waals surface area contributed by atoms with Gasteiger partial charge >= 0.3 is 18.1 Å². The first kappa shape index (κ1) is 20.1. The van der Waals surface area contributed by atoms with Crippen molar-refractivity contribution >= 4 is 11.4 Å². The summed E-state index contributed by atoms with van der Waals surface area (Å²) in [6.07, 6.45) is -0.0910. The lowest BCUT2D eigenvalue weighted by Crippen LogP contribution is -2.41. The number of aromatic amines is 1. The first-order chi connectivity index (χ1) is 16.4. The molecule has 1 aliphatic rings. The summed E-state index contributed by atoms with van der Waals surface area (Å²) in [5.74, 6) is -1.26. The van der Waals surface area contributed by atoms with Gasteiger partial charge in [-0.3, -0.25) is 4.79 Å². The number of pyridine rings is 1. The van der Waals surface area contributed by atoms with E-state index in [4.69, 9.17) is 4.42 Å². The fraction of sp³-hybridized carbons (Fsp3) is 0.200. The van der Waals surface area contributed by atoms with Crippen molar-refractivity contribution in [1.29, 1.82) is 0 Å². The molecule has 34 heavy (non-hydrogen) atoms. The van der Waals surface area contributed by atoms with Gasteiger partial charge in [-0.2, -0.15) is 14.9 Å². The summed E-state index contributed by atoms with van der Waals surface area (Å²) in [6, 6.07) is 7.92. The highest BCUT2D eigenvalue weighted by Gasteiger charge is 2.38. The van der Waals surface area contributed by atoms with Crippen LogP contribution in [-0.2, 0) is 12.7 Å². The molecule has 6 rings (SSSR count). The van der Waals surface area contributed by atoms with Gasteiger partial charge in [0.25, 0.3) is 5.89 Å². The molecule has 0 aromatic carbocycles. The molecule has 5 aromatic rings. The highest BCUT2D eigenvalue weighted by atomic mass is 19.4. The maximum Gasteiger partial charge on any atom is 0.504 e. The van der Waals surface area contributed by atoms with E-state index in [1.165, 1.54) is 4.90 Å². The molecule has 1 aliphatic heterocycles. The number of imidazole rings is 1. The van der Waals surface area contributed by atoms with Gasteiger partial charge in [-0.15, -0.1) is 23.4 Å². The van der Waals surface area contributed by atoms with Crippen molar-refractivity contribution < 1.29 is 22.4 Å². The van der Waals surface area contributed by atoms with Crippen LogP contribution >= 0.6 is 0 Å². The number of nitrogens with zero attached hydrogens (tertiary/aromatic N) is 8. The van der Waals surface area contributed by atoms with Gasteiger partial charge in [0.2, 0.25) is 0 Å². The average Bonchev–Trinajstić information content (AvgIpc) is 3.61. The van der Waals surface area contributed by atoms with E-state index in [0.717, 1.165) is 23.5 Å². The van der Waals surface area contributed by atoms with Crippen LogP contribution in [0.1, 0.15) is 33.8 Å². The number of alkyl halides is 3. The van der Waals surface area contributed by atoms with Crippen LogP contribution in [0.5, 0.6) is 0 Å². The molecule has 172 valence electrons. The summed E-state index contributed by atoms with van der Waals surface area (Å²) in [7, 11) is 0. The van der Waals surface area contributed by atoms with Crippen molar-refractivity contribution in [2.75, 3.05) is 6.54 Å². The Bertz CT molecular complexity index is 1480. The second-order valence-electron chi connectivity index (χ2n) is 7.58. The van der Waals surface area contributed by atoms with E-state index in [0.29, 0.717) is 24.4 Å². The van der Waals surface area contributed by atoms with Crippen LogP contribution in [0.2, 0.25) is 0 Å². The highest BCUT2D eigenvalue weighted by molar-refractivity contribution is 5.90. The number of H-pyrrole nitrogens is 1. The quantitative estimate of drug-likeness (QED) is 0.431. The number of nitrogens with one attached hydrogen (secondary N) is 1. The third-order valence-electron chi connectivity index (χ3n) is 5.53. The largest absolute Gasteiger partial charge is 0.504 e. The molecule has 0 fully saturated rings. The fourth-order valence-corrected chi connectivity index (χ4v) is 4.00. The Morgan fingerprint density at radius 2 is 2.03 bits per heavy atom. The molecule has 0 radical (unpaired) electrons. The van der Waals surface area contributed by atoms with E-state index in [1.54, 1.807) is 17.0 Å². The summed E-state index contributed by atoms with van der Waals surface area (Å²) < 4.78 is 45.4. The minimum atomic E-state index is -4.69. The third kappa shape index (κ3) is 3.22. The van der Waals surface area contributed by atoms with Crippen LogP contribution in [0.4, 0.5) is 13.2 Å². The molecule has 1 amide bonds. The molecule has 5 aromatic heterocycles. The number of hydrogen-bond acceptors (Lipinski definition) is 7. The van der Waals surface area contributed by atoms with Crippen LogP contribution in [0.3, 0.4) is 0 Å². The van der Waals surface area contributed by atoms with Crippen LogP contribution in [0.15, 0.2) is 53.5 Å². The highest BCUT2D eigenvalue weighted by Crippen LogP contribution is 2.34. The monoisotopic (exact) mass is 469 g/mol. The molecular formula is C20H14F3N9O2. The minimum absolute atomic E-state index is 0.183. The predicted molar refractivity (Wildman–Crippen MR) is 107 cm³/mol. The molecule has 0 unspecified atom stereocenters. The molecule has 0 aliphatic carbocycles. The smallest absolute Gasteiger partial charge is 0.411 e. The van der Waals surface area contributed by atoms with Crippen LogP contribution in [0, 0.1) is 0 Å². The number of amides is 1. The second kappa shape index (κ2) is 7.26. The van der Waals surface area contributed by atoms with Crippen molar-refractivity contribution in [2.24, 2.45) is 0 Å². The van der Waals surface area contributed by atoms with Gasteiger partial charge in [-0.05, 0) is 24.3 Å². The molecular weight excluding hydrogens is 455 g/mol. The zero-order valence-electron chi connectivity index (χ0n) is 17.1. The number of fused-ring (bicyclic) bond motifs is 2. The number of halogens is 3. The Labute approximate surface area is 187 Å². The Morgan fingerprint density at radius 1 is 1.15 bits per heavy atom. The lowest BCUT2D eigenvalue weighted by Gasteiger charge is -2.32. The topological polar surface area (TPSA) is 123 Å². The van der Waals surface area contributed by atoms with Crippen LogP contribution in [0.25, 0.3) is 17.1 Å². The first-order valence-electron chi connectivity index (χ1n) is 10.1. The Hall–Kier alpha value is -4.49. The molecule has 0 saturated carbocycles. The number of carbonyl (C=O) groups is 1. The fourth-order valence-electron chi connectivity index (χ4n) is 4.00. The molecule has 0 bridgehead atoms. The predicted octanol–water partition coefficient (Wildman–Crippen LogP) is 2.57. The van der Waals surface area contributed by atoms with Crippen LogP contribution < -0.4 is 0 Å². The van der Waals surface area contributed by atoms with Crippen molar-refractivity contribution in [3.8, 4) is 11.6 Å². The van der Waals surface area contributed by atoms with Crippen molar-refractivity contribution in [3.63, 3.8) is 0 Å². The maximum absolute atomic E-state index is 13.4. The van der Waals surface area contributed by atoms with Gasteiger partial charge in [-0.1, -0.05) is 6.07 Å². The van der Waals surface area contributed by atoms with Crippen LogP contribution in [-0.4, -0.2) is 56.9 Å². The van der Waals surface area contributed by atoms with Gasteiger partial charge in [0.15, 0.2) is 0 Å². The maximum atomic E-state index is 13.4. The molecule has 11 nitrogen and oxygen atoms in total. The van der Waals surface area contributed by atoms with E-state index in [1.807, 2.05) is 24.3 Å². The van der Waals surface area contributed by atoms with Crippen molar-refractivity contribution in [3.05, 3.63) is 72.0 Å². The van der Waals surface area contributed by atoms with E-state index < -0.39 is 18.2 Å². The zero-order chi connectivity index (χ0) is 23.4. The molecule has 0 spiro atoms. The molecule has 1 atom stereocenters. The lowest BCUT2D eigenvalue weighted by atomic mass is 9.99. The summed E-state index contributed by atoms with van der Waals surface area (Å²) in [6.45, 7) is 0.312. The van der Waals surface area contributed by atoms with Gasteiger partial charge in [0.1, 0.15) is 11.7 Å². The molecule has 6 heterocycles. The second-order valence-corrected chi connectivity index (χ2v) is 7.58. The third-order valence-corrected chi connectivity index (χ3v) is 5.53. The first-order valence-corrected chi connectivity index (χ1v) is 10.1. The minimum Gasteiger partial charge on any atom is -0.411 e. The van der Waals surface area contributed by atoms with E-state index >= 15 is 0 Å². The number of rotatable bonds is 3. The van der Waals surface area contributed by atoms with Gasteiger partial charge in [0.05, 0.1) is 23.2 Å². The average molecular weight is 469 g/mol. The Balaban J connectivity index is 1.35. The molecule has 14 heteroatoms. The lowest BCUT2D eigenvalue weighted by molar-refractivity contribution is -0.212. The zero-order valence-corrected chi connectivity index (χ0v) is 17.1. The van der Waals surface area contributed by atoms with Gasteiger partial charge in [-0.25, -0.2) is 9.50 Å². The summed E-state index contributed by atoms with van der Waals surface area (Å²) in [5.41, 5.74) is 2.76.